The Morgan fingerprint density at radius 1 is 1.67 bits per heavy atom. The van der Waals surface area contributed by atoms with Gasteiger partial charge in [0.2, 0.25) is 0 Å². The summed E-state index contributed by atoms with van der Waals surface area (Å²) in [7, 11) is 0. The van der Waals surface area contributed by atoms with Crippen LogP contribution in [0.1, 0.15) is 35.8 Å². The first-order valence-corrected chi connectivity index (χ1v) is 6.56. The lowest BCUT2D eigenvalue weighted by atomic mass is 10.2. The molecule has 3 N–H and O–H groups in total. The predicted molar refractivity (Wildman–Crippen MR) is 69.7 cm³/mol. The second kappa shape index (κ2) is 6.02. The van der Waals surface area contributed by atoms with Crippen LogP contribution in [0, 0.1) is 0 Å². The number of rotatable bonds is 6. The third kappa shape index (κ3) is 2.91. The lowest BCUT2D eigenvalue weighted by Crippen LogP contribution is -2.37. The molecule has 0 amide bonds. The van der Waals surface area contributed by atoms with E-state index in [-0.39, 0.29) is 0 Å². The van der Waals surface area contributed by atoms with E-state index in [1.165, 1.54) is 19.4 Å². The highest BCUT2D eigenvalue weighted by Crippen LogP contribution is 2.15. The van der Waals surface area contributed by atoms with E-state index in [1.54, 1.807) is 12.3 Å². The molecule has 0 spiro atoms. The number of hydrogen-bond acceptors (Lipinski definition) is 3. The maximum absolute atomic E-state index is 10.9. The molecule has 0 aromatic carbocycles. The van der Waals surface area contributed by atoms with Crippen LogP contribution in [0.4, 0.5) is 0 Å². The molecule has 5 nitrogen and oxygen atoms in total. The van der Waals surface area contributed by atoms with Crippen molar-refractivity contribution in [3.63, 3.8) is 0 Å². The zero-order chi connectivity index (χ0) is 13.0. The zero-order valence-electron chi connectivity index (χ0n) is 10.8. The topological polar surface area (TPSA) is 68.4 Å². The fourth-order valence-corrected chi connectivity index (χ4v) is 2.66. The molecule has 100 valence electrons. The minimum atomic E-state index is -0.871. The van der Waals surface area contributed by atoms with E-state index in [0.29, 0.717) is 18.2 Å². The summed E-state index contributed by atoms with van der Waals surface area (Å²) in [4.78, 5) is 16.4. The van der Waals surface area contributed by atoms with Crippen molar-refractivity contribution in [2.24, 2.45) is 0 Å². The molecular weight excluding hydrogens is 230 g/mol. The molecule has 2 heterocycles. The Morgan fingerprint density at radius 3 is 3.22 bits per heavy atom. The summed E-state index contributed by atoms with van der Waals surface area (Å²) in [5.74, 6) is -0.871. The molecule has 1 fully saturated rings. The minimum Gasteiger partial charge on any atom is -0.478 e. The van der Waals surface area contributed by atoms with Crippen molar-refractivity contribution in [2.45, 2.75) is 32.4 Å². The van der Waals surface area contributed by atoms with Crippen LogP contribution in [0.3, 0.4) is 0 Å². The van der Waals surface area contributed by atoms with E-state index >= 15 is 0 Å². The van der Waals surface area contributed by atoms with Crippen LogP contribution >= 0.6 is 0 Å². The van der Waals surface area contributed by atoms with Gasteiger partial charge in [-0.1, -0.05) is 6.92 Å². The Kier molecular flexibility index (Phi) is 4.38. The van der Waals surface area contributed by atoms with Gasteiger partial charge in [0, 0.05) is 31.0 Å². The summed E-state index contributed by atoms with van der Waals surface area (Å²) in [5, 5.41) is 12.3. The minimum absolute atomic E-state index is 0.362. The maximum Gasteiger partial charge on any atom is 0.337 e. The molecular formula is C13H21N3O2. The van der Waals surface area contributed by atoms with Crippen LogP contribution in [0.2, 0.25) is 0 Å². The number of hydrogen-bond donors (Lipinski definition) is 3. The van der Waals surface area contributed by atoms with Gasteiger partial charge in [0.05, 0.1) is 5.56 Å². The SMILES string of the molecule is CCN1CCCC1CNCc1[nH]ccc1C(=O)O. The summed E-state index contributed by atoms with van der Waals surface area (Å²) >= 11 is 0. The van der Waals surface area contributed by atoms with E-state index in [4.69, 9.17) is 5.11 Å². The van der Waals surface area contributed by atoms with E-state index in [0.717, 1.165) is 18.8 Å². The Balaban J connectivity index is 1.81. The van der Waals surface area contributed by atoms with Crippen LogP contribution < -0.4 is 5.32 Å². The molecule has 2 rings (SSSR count). The number of carbonyl (C=O) groups is 1. The van der Waals surface area contributed by atoms with Gasteiger partial charge in [0.25, 0.3) is 0 Å². The van der Waals surface area contributed by atoms with Gasteiger partial charge >= 0.3 is 5.97 Å². The quantitative estimate of drug-likeness (QED) is 0.712. The van der Waals surface area contributed by atoms with Crippen molar-refractivity contribution in [1.82, 2.24) is 15.2 Å². The van der Waals surface area contributed by atoms with Gasteiger partial charge in [-0.2, -0.15) is 0 Å². The van der Waals surface area contributed by atoms with Crippen molar-refractivity contribution in [2.75, 3.05) is 19.6 Å². The number of aromatic nitrogens is 1. The number of carboxylic acids is 1. The maximum atomic E-state index is 10.9. The number of nitrogens with one attached hydrogen (secondary N) is 2. The summed E-state index contributed by atoms with van der Waals surface area (Å²) in [6, 6.07) is 2.20. The van der Waals surface area contributed by atoms with Crippen LogP contribution in [-0.2, 0) is 6.54 Å². The van der Waals surface area contributed by atoms with E-state index in [9.17, 15) is 4.79 Å². The van der Waals surface area contributed by atoms with Crippen molar-refractivity contribution < 1.29 is 9.90 Å². The predicted octanol–water partition coefficient (Wildman–Crippen LogP) is 1.29. The van der Waals surface area contributed by atoms with Crippen molar-refractivity contribution in [3.8, 4) is 0 Å². The second-order valence-electron chi connectivity index (χ2n) is 4.73. The molecule has 0 saturated carbocycles. The first kappa shape index (κ1) is 13.1. The van der Waals surface area contributed by atoms with E-state index in [1.807, 2.05) is 0 Å². The van der Waals surface area contributed by atoms with Crippen molar-refractivity contribution in [3.05, 3.63) is 23.5 Å². The third-order valence-electron chi connectivity index (χ3n) is 3.65. The first-order valence-electron chi connectivity index (χ1n) is 6.56. The van der Waals surface area contributed by atoms with Gasteiger partial charge in [-0.25, -0.2) is 4.79 Å². The summed E-state index contributed by atoms with van der Waals surface area (Å²) in [6.45, 7) is 5.97. The number of likely N-dealkylation sites (N-methyl/N-ethyl adjacent to an activating group) is 1. The number of aromatic carboxylic acids is 1. The van der Waals surface area contributed by atoms with Gasteiger partial charge in [-0.15, -0.1) is 0 Å². The summed E-state index contributed by atoms with van der Waals surface area (Å²) in [5.41, 5.74) is 1.12. The summed E-state index contributed by atoms with van der Waals surface area (Å²) < 4.78 is 0. The monoisotopic (exact) mass is 251 g/mol. The fourth-order valence-electron chi connectivity index (χ4n) is 2.66. The molecule has 1 aromatic rings. The van der Waals surface area contributed by atoms with Crippen LogP contribution in [0.15, 0.2) is 12.3 Å². The number of H-pyrrole nitrogens is 1. The number of aromatic amines is 1. The molecule has 1 saturated heterocycles. The second-order valence-corrected chi connectivity index (χ2v) is 4.73. The molecule has 1 aliphatic heterocycles. The average Bonchev–Trinajstić information content (AvgIpc) is 2.97. The van der Waals surface area contributed by atoms with Crippen LogP contribution in [-0.4, -0.2) is 46.6 Å². The zero-order valence-corrected chi connectivity index (χ0v) is 10.8. The molecule has 0 aliphatic carbocycles. The molecule has 1 atom stereocenters. The lowest BCUT2D eigenvalue weighted by molar-refractivity contribution is 0.0695. The van der Waals surface area contributed by atoms with Gasteiger partial charge < -0.3 is 15.4 Å². The normalized spacial score (nSPS) is 20.4. The molecule has 0 bridgehead atoms. The summed E-state index contributed by atoms with van der Waals surface area (Å²) in [6.07, 6.45) is 4.18. The van der Waals surface area contributed by atoms with E-state index < -0.39 is 5.97 Å². The van der Waals surface area contributed by atoms with E-state index in [2.05, 4.69) is 22.1 Å². The van der Waals surface area contributed by atoms with Gasteiger partial charge in [0.1, 0.15) is 0 Å². The highest BCUT2D eigenvalue weighted by molar-refractivity contribution is 5.88. The Labute approximate surface area is 107 Å². The van der Waals surface area contributed by atoms with Gasteiger partial charge in [0.15, 0.2) is 0 Å². The highest BCUT2D eigenvalue weighted by atomic mass is 16.4. The van der Waals surface area contributed by atoms with Gasteiger partial charge in [-0.05, 0) is 32.0 Å². The first-order chi connectivity index (χ1) is 8.72. The molecule has 5 heteroatoms. The largest absolute Gasteiger partial charge is 0.478 e. The fraction of sp³-hybridized carbons (Fsp3) is 0.615. The molecule has 1 aromatic heterocycles. The Bertz CT molecular complexity index is 403. The molecule has 0 radical (unpaired) electrons. The molecule has 1 aliphatic rings. The Hall–Kier alpha value is -1.33. The van der Waals surface area contributed by atoms with Crippen LogP contribution in [0.25, 0.3) is 0 Å². The number of carboxylic acid groups (broad SMARTS) is 1. The van der Waals surface area contributed by atoms with Gasteiger partial charge in [-0.3, -0.25) is 4.90 Å². The Morgan fingerprint density at radius 2 is 2.50 bits per heavy atom. The lowest BCUT2D eigenvalue weighted by Gasteiger charge is -2.22. The highest BCUT2D eigenvalue weighted by Gasteiger charge is 2.22. The molecule has 18 heavy (non-hydrogen) atoms. The molecule has 1 unspecified atom stereocenters. The van der Waals surface area contributed by atoms with Crippen molar-refractivity contribution in [1.29, 1.82) is 0 Å². The number of nitrogens with zero attached hydrogens (tertiary/aromatic N) is 1. The van der Waals surface area contributed by atoms with Crippen molar-refractivity contribution >= 4 is 5.97 Å². The smallest absolute Gasteiger partial charge is 0.337 e. The average molecular weight is 251 g/mol. The number of likely N-dealkylation sites (tertiary alicyclic amines) is 1. The third-order valence-corrected chi connectivity index (χ3v) is 3.65. The standard InChI is InChI=1S/C13H21N3O2/c1-2-16-7-3-4-10(16)8-14-9-12-11(13(17)18)5-6-15-12/h5-6,10,14-15H,2-4,7-9H2,1H3,(H,17,18). The van der Waals surface area contributed by atoms with Crippen LogP contribution in [0.5, 0.6) is 0 Å².